The number of benzene rings is 1. The van der Waals surface area contributed by atoms with Crippen molar-refractivity contribution in [1.29, 1.82) is 0 Å². The van der Waals surface area contributed by atoms with Crippen LogP contribution in [0.5, 0.6) is 0 Å². The smallest absolute Gasteiger partial charge is 0.0408 e. The summed E-state index contributed by atoms with van der Waals surface area (Å²) in [5, 5.41) is 0.824. The zero-order valence-electron chi connectivity index (χ0n) is 12.0. The number of unbranched alkanes of at least 4 members (excludes halogenated alkanes) is 5. The minimum atomic E-state index is 0.589. The maximum Gasteiger partial charge on any atom is 0.0408 e. The molecule has 0 bridgehead atoms. The van der Waals surface area contributed by atoms with E-state index in [0.717, 1.165) is 17.3 Å². The van der Waals surface area contributed by atoms with Crippen LogP contribution in [0.15, 0.2) is 24.3 Å². The van der Waals surface area contributed by atoms with E-state index in [9.17, 15) is 0 Å². The summed E-state index contributed by atoms with van der Waals surface area (Å²) in [5.41, 5.74) is 1.31. The molecule has 1 atom stereocenters. The van der Waals surface area contributed by atoms with E-state index in [0.29, 0.717) is 5.92 Å². The Bertz CT molecular complexity index is 336. The highest BCUT2D eigenvalue weighted by molar-refractivity contribution is 6.30. The maximum atomic E-state index is 6.09. The van der Waals surface area contributed by atoms with Gasteiger partial charge in [0.2, 0.25) is 0 Å². The Morgan fingerprint density at radius 1 is 1.05 bits per heavy atom. The molecule has 0 aromatic heterocycles. The van der Waals surface area contributed by atoms with E-state index >= 15 is 0 Å². The fraction of sp³-hybridized carbons (Fsp3) is 0.647. The fourth-order valence-corrected chi connectivity index (χ4v) is 2.92. The van der Waals surface area contributed by atoms with E-state index in [1.54, 1.807) is 0 Å². The minimum absolute atomic E-state index is 0.589. The lowest BCUT2D eigenvalue weighted by atomic mass is 9.95. The second kappa shape index (κ2) is 10.6. The minimum Gasteiger partial charge on any atom is -0.126 e. The largest absolute Gasteiger partial charge is 0.126 e. The molecule has 0 aliphatic rings. The van der Waals surface area contributed by atoms with Gasteiger partial charge in [-0.2, -0.15) is 0 Å². The lowest BCUT2D eigenvalue weighted by molar-refractivity contribution is 0.485. The van der Waals surface area contributed by atoms with Crippen molar-refractivity contribution >= 4 is 23.2 Å². The molecule has 1 rings (SSSR count). The molecule has 0 saturated heterocycles. The molecule has 0 spiro atoms. The molecule has 2 heteroatoms. The number of alkyl halides is 1. The average molecular weight is 301 g/mol. The van der Waals surface area contributed by atoms with Crippen molar-refractivity contribution in [3.8, 4) is 0 Å². The molecule has 0 aliphatic carbocycles. The Labute approximate surface area is 128 Å². The third-order valence-electron chi connectivity index (χ3n) is 3.60. The lowest BCUT2D eigenvalue weighted by Crippen LogP contribution is -2.06. The summed E-state index contributed by atoms with van der Waals surface area (Å²) in [5.74, 6) is 1.34. The summed E-state index contributed by atoms with van der Waals surface area (Å²) < 4.78 is 0. The Morgan fingerprint density at radius 3 is 2.47 bits per heavy atom. The quantitative estimate of drug-likeness (QED) is 0.342. The summed E-state index contributed by atoms with van der Waals surface area (Å²) in [6.45, 7) is 2.26. The van der Waals surface area contributed by atoms with Gasteiger partial charge in [0.25, 0.3) is 0 Å². The Morgan fingerprint density at radius 2 is 1.79 bits per heavy atom. The zero-order valence-corrected chi connectivity index (χ0v) is 13.5. The van der Waals surface area contributed by atoms with E-state index in [-0.39, 0.29) is 0 Å². The molecule has 0 N–H and O–H groups in total. The second-order valence-electron chi connectivity index (χ2n) is 5.41. The fourth-order valence-electron chi connectivity index (χ4n) is 2.44. The Kier molecular flexibility index (Phi) is 9.38. The molecule has 1 unspecified atom stereocenters. The van der Waals surface area contributed by atoms with Crippen LogP contribution in [0, 0.1) is 5.92 Å². The van der Waals surface area contributed by atoms with E-state index in [1.165, 1.54) is 50.5 Å². The first-order valence-corrected chi connectivity index (χ1v) is 8.48. The van der Waals surface area contributed by atoms with Crippen LogP contribution in [0.4, 0.5) is 0 Å². The van der Waals surface area contributed by atoms with Gasteiger partial charge >= 0.3 is 0 Å². The van der Waals surface area contributed by atoms with Gasteiger partial charge in [-0.3, -0.25) is 0 Å². The first-order chi connectivity index (χ1) is 9.26. The lowest BCUT2D eigenvalue weighted by Gasteiger charge is -2.14. The predicted molar refractivity (Wildman–Crippen MR) is 87.4 cm³/mol. The van der Waals surface area contributed by atoms with Crippen LogP contribution in [0.25, 0.3) is 0 Å². The normalized spacial score (nSPS) is 12.6. The summed E-state index contributed by atoms with van der Waals surface area (Å²) in [7, 11) is 0. The highest BCUT2D eigenvalue weighted by atomic mass is 35.5. The van der Waals surface area contributed by atoms with E-state index in [2.05, 4.69) is 19.1 Å². The summed E-state index contributed by atoms with van der Waals surface area (Å²) in [4.78, 5) is 0. The van der Waals surface area contributed by atoms with Crippen molar-refractivity contribution in [2.24, 2.45) is 5.92 Å². The molecule has 108 valence electrons. The van der Waals surface area contributed by atoms with Crippen molar-refractivity contribution < 1.29 is 0 Å². The SMILES string of the molecule is CCCCCCCCC(CCl)Cc1cccc(Cl)c1. The maximum absolute atomic E-state index is 6.09. The zero-order chi connectivity index (χ0) is 13.9. The summed E-state index contributed by atoms with van der Waals surface area (Å²) >= 11 is 12.1. The van der Waals surface area contributed by atoms with Crippen LogP contribution in [-0.4, -0.2) is 5.88 Å². The molecular formula is C17H26Cl2. The van der Waals surface area contributed by atoms with E-state index in [4.69, 9.17) is 23.2 Å². The van der Waals surface area contributed by atoms with Crippen LogP contribution in [0.3, 0.4) is 0 Å². The summed E-state index contributed by atoms with van der Waals surface area (Å²) in [6.07, 6.45) is 10.4. The molecule has 1 aromatic rings. The second-order valence-corrected chi connectivity index (χ2v) is 6.16. The molecule has 0 fully saturated rings. The predicted octanol–water partition coefficient (Wildman–Crippen LogP) is 6.49. The average Bonchev–Trinajstić information content (AvgIpc) is 2.41. The van der Waals surface area contributed by atoms with Crippen molar-refractivity contribution in [3.05, 3.63) is 34.9 Å². The van der Waals surface area contributed by atoms with Gasteiger partial charge in [-0.15, -0.1) is 11.6 Å². The van der Waals surface area contributed by atoms with Gasteiger partial charge in [-0.25, -0.2) is 0 Å². The van der Waals surface area contributed by atoms with Crippen LogP contribution in [0.2, 0.25) is 5.02 Å². The van der Waals surface area contributed by atoms with Crippen molar-refractivity contribution in [3.63, 3.8) is 0 Å². The number of hydrogen-bond acceptors (Lipinski definition) is 0. The van der Waals surface area contributed by atoms with Gasteiger partial charge in [-0.05, 0) is 36.5 Å². The highest BCUT2D eigenvalue weighted by Crippen LogP contribution is 2.20. The topological polar surface area (TPSA) is 0 Å². The molecule has 0 radical (unpaired) electrons. The van der Waals surface area contributed by atoms with Gasteiger partial charge in [0.15, 0.2) is 0 Å². The van der Waals surface area contributed by atoms with Gasteiger partial charge in [0.1, 0.15) is 0 Å². The molecule has 0 heterocycles. The number of halogens is 2. The standard InChI is InChI=1S/C17H26Cl2/c1-2-3-4-5-6-7-9-16(14-18)12-15-10-8-11-17(19)13-15/h8,10-11,13,16H,2-7,9,12,14H2,1H3. The molecule has 0 nitrogen and oxygen atoms in total. The van der Waals surface area contributed by atoms with E-state index < -0.39 is 0 Å². The van der Waals surface area contributed by atoms with Crippen molar-refractivity contribution in [2.75, 3.05) is 5.88 Å². The first kappa shape index (κ1) is 16.9. The van der Waals surface area contributed by atoms with Gasteiger partial charge < -0.3 is 0 Å². The molecule has 1 aromatic carbocycles. The van der Waals surface area contributed by atoms with Gasteiger partial charge in [0, 0.05) is 10.9 Å². The third kappa shape index (κ3) is 7.84. The Hall–Kier alpha value is -0.200. The van der Waals surface area contributed by atoms with Crippen LogP contribution in [-0.2, 0) is 6.42 Å². The monoisotopic (exact) mass is 300 g/mol. The molecule has 0 amide bonds. The molecule has 0 aliphatic heterocycles. The number of rotatable bonds is 10. The van der Waals surface area contributed by atoms with Crippen molar-refractivity contribution in [1.82, 2.24) is 0 Å². The third-order valence-corrected chi connectivity index (χ3v) is 4.27. The number of hydrogen-bond donors (Lipinski definition) is 0. The van der Waals surface area contributed by atoms with Gasteiger partial charge in [0.05, 0.1) is 0 Å². The first-order valence-electron chi connectivity index (χ1n) is 7.56. The molecule has 0 saturated carbocycles. The van der Waals surface area contributed by atoms with E-state index in [1.807, 2.05) is 12.1 Å². The highest BCUT2D eigenvalue weighted by Gasteiger charge is 2.08. The molecule has 19 heavy (non-hydrogen) atoms. The van der Waals surface area contributed by atoms with Crippen LogP contribution in [0.1, 0.15) is 57.4 Å². The van der Waals surface area contributed by atoms with Crippen LogP contribution >= 0.6 is 23.2 Å². The van der Waals surface area contributed by atoms with Gasteiger partial charge in [-0.1, -0.05) is 69.2 Å². The molecular weight excluding hydrogens is 275 g/mol. The van der Waals surface area contributed by atoms with Crippen LogP contribution < -0.4 is 0 Å². The Balaban J connectivity index is 2.22. The van der Waals surface area contributed by atoms with Crippen molar-refractivity contribution in [2.45, 2.75) is 58.3 Å². The summed E-state index contributed by atoms with van der Waals surface area (Å²) in [6, 6.07) is 8.15.